The normalized spacial score (nSPS) is 22.4. The van der Waals surface area contributed by atoms with Gasteiger partial charge in [0, 0.05) is 34.1 Å². The van der Waals surface area contributed by atoms with Crippen LogP contribution >= 0.6 is 0 Å². The van der Waals surface area contributed by atoms with Crippen LogP contribution in [0.15, 0.2) is 42.5 Å². The molecule has 0 spiro atoms. The molecule has 0 aromatic heterocycles. The van der Waals surface area contributed by atoms with Gasteiger partial charge in [-0.2, -0.15) is 0 Å². The highest BCUT2D eigenvalue weighted by Gasteiger charge is 2.52. The van der Waals surface area contributed by atoms with Crippen LogP contribution in [0, 0.1) is 0 Å². The van der Waals surface area contributed by atoms with E-state index in [2.05, 4.69) is 0 Å². The van der Waals surface area contributed by atoms with Gasteiger partial charge in [-0.15, -0.1) is 0 Å². The van der Waals surface area contributed by atoms with Crippen molar-refractivity contribution in [2.75, 3.05) is 13.7 Å². The van der Waals surface area contributed by atoms with E-state index < -0.39 is 54.4 Å². The fraction of sp³-hybridized carbons (Fsp3) is 0.414. The number of fused-ring (bicyclic) bond motifs is 1. The SMILES string of the molecule is COc1ccc2cc(/C=C/C(=O)C[C@@H]3O[C@H](COC(C)=O)[C@H](OC(C)=O)[C@H](OC(C)=O)[C@H]3OC(C)=O)ccc2c1. The molecule has 1 heterocycles. The Kier molecular flexibility index (Phi) is 10.4. The van der Waals surface area contributed by atoms with Gasteiger partial charge in [0.2, 0.25) is 0 Å². The average Bonchev–Trinajstić information content (AvgIpc) is 2.88. The summed E-state index contributed by atoms with van der Waals surface area (Å²) in [6.07, 6.45) is -3.38. The molecule has 1 aliphatic rings. The van der Waals surface area contributed by atoms with Gasteiger partial charge in [0.1, 0.15) is 24.6 Å². The highest BCUT2D eigenvalue weighted by Crippen LogP contribution is 2.31. The number of hydrogen-bond acceptors (Lipinski definition) is 11. The summed E-state index contributed by atoms with van der Waals surface area (Å²) in [6.45, 7) is 4.24. The van der Waals surface area contributed by atoms with Gasteiger partial charge in [-0.25, -0.2) is 0 Å². The molecule has 0 bridgehead atoms. The van der Waals surface area contributed by atoms with E-state index >= 15 is 0 Å². The van der Waals surface area contributed by atoms with E-state index in [9.17, 15) is 24.0 Å². The van der Waals surface area contributed by atoms with E-state index in [1.54, 1.807) is 13.2 Å². The summed E-state index contributed by atoms with van der Waals surface area (Å²) in [5, 5.41) is 1.93. The summed E-state index contributed by atoms with van der Waals surface area (Å²) >= 11 is 0. The van der Waals surface area contributed by atoms with E-state index in [-0.39, 0.29) is 18.8 Å². The fourth-order valence-corrected chi connectivity index (χ4v) is 4.41. The minimum absolute atomic E-state index is 0.277. The van der Waals surface area contributed by atoms with Gasteiger partial charge in [-0.05, 0) is 40.6 Å². The molecule has 0 saturated carbocycles. The van der Waals surface area contributed by atoms with Crippen LogP contribution in [0.5, 0.6) is 5.75 Å². The van der Waals surface area contributed by atoms with Crippen molar-refractivity contribution < 1.29 is 52.4 Å². The zero-order valence-corrected chi connectivity index (χ0v) is 22.9. The van der Waals surface area contributed by atoms with Crippen molar-refractivity contribution in [2.45, 2.75) is 64.6 Å². The molecule has 1 aliphatic heterocycles. The lowest BCUT2D eigenvalue weighted by Crippen LogP contribution is -2.62. The topological polar surface area (TPSA) is 141 Å². The maximum atomic E-state index is 13.0. The number of benzene rings is 2. The fourth-order valence-electron chi connectivity index (χ4n) is 4.41. The molecule has 0 N–H and O–H groups in total. The molecule has 0 radical (unpaired) electrons. The Labute approximate surface area is 231 Å². The summed E-state index contributed by atoms with van der Waals surface area (Å²) in [5.41, 5.74) is 0.771. The van der Waals surface area contributed by atoms with Gasteiger partial charge in [-0.3, -0.25) is 24.0 Å². The molecule has 1 fully saturated rings. The van der Waals surface area contributed by atoms with Gasteiger partial charge in [-0.1, -0.05) is 24.3 Å². The lowest BCUT2D eigenvalue weighted by atomic mass is 9.91. The zero-order chi connectivity index (χ0) is 29.4. The number of methoxy groups -OCH3 is 1. The lowest BCUT2D eigenvalue weighted by Gasteiger charge is -2.44. The first kappa shape index (κ1) is 30.3. The van der Waals surface area contributed by atoms with Crippen LogP contribution in [0.1, 0.15) is 39.7 Å². The number of hydrogen-bond donors (Lipinski definition) is 0. The standard InChI is InChI=1S/C29H32O11/c1-16(30)36-15-26-28(38-18(3)32)29(39-19(4)33)27(37-17(2)31)25(40-26)14-23(34)10-7-20-6-8-22-13-24(35-5)11-9-21(22)12-20/h6-13,25-29H,14-15H2,1-5H3/b10-7+/t25-,26+,27-,28-,29+/m0/s1. The van der Waals surface area contributed by atoms with Crippen molar-refractivity contribution in [2.24, 2.45) is 0 Å². The number of allylic oxidation sites excluding steroid dienone is 1. The van der Waals surface area contributed by atoms with Gasteiger partial charge >= 0.3 is 23.9 Å². The lowest BCUT2D eigenvalue weighted by molar-refractivity contribution is -0.252. The predicted molar refractivity (Wildman–Crippen MR) is 141 cm³/mol. The maximum Gasteiger partial charge on any atom is 0.303 e. The molecule has 5 atom stereocenters. The first-order valence-corrected chi connectivity index (χ1v) is 12.6. The third kappa shape index (κ3) is 8.37. The molecule has 11 nitrogen and oxygen atoms in total. The summed E-state index contributed by atoms with van der Waals surface area (Å²) < 4.78 is 32.4. The summed E-state index contributed by atoms with van der Waals surface area (Å²) in [4.78, 5) is 60.2. The summed E-state index contributed by atoms with van der Waals surface area (Å²) in [7, 11) is 1.59. The van der Waals surface area contributed by atoms with Crippen molar-refractivity contribution in [1.29, 1.82) is 0 Å². The Morgan fingerprint density at radius 2 is 1.32 bits per heavy atom. The Morgan fingerprint density at radius 1 is 0.750 bits per heavy atom. The minimum atomic E-state index is -1.32. The highest BCUT2D eigenvalue weighted by atomic mass is 16.7. The van der Waals surface area contributed by atoms with Gasteiger partial charge in [0.05, 0.1) is 7.11 Å². The molecule has 0 unspecified atom stereocenters. The van der Waals surface area contributed by atoms with E-state index in [0.29, 0.717) is 0 Å². The first-order chi connectivity index (χ1) is 19.0. The number of carbonyl (C=O) groups is 5. The van der Waals surface area contributed by atoms with Crippen molar-refractivity contribution in [3.8, 4) is 5.75 Å². The molecule has 40 heavy (non-hydrogen) atoms. The second-order valence-electron chi connectivity index (χ2n) is 9.21. The minimum Gasteiger partial charge on any atom is -0.497 e. The second-order valence-corrected chi connectivity index (χ2v) is 9.21. The van der Waals surface area contributed by atoms with E-state index in [1.165, 1.54) is 13.0 Å². The van der Waals surface area contributed by atoms with Crippen LogP contribution < -0.4 is 4.74 Å². The van der Waals surface area contributed by atoms with Crippen molar-refractivity contribution in [3.63, 3.8) is 0 Å². The van der Waals surface area contributed by atoms with Crippen molar-refractivity contribution in [1.82, 2.24) is 0 Å². The van der Waals surface area contributed by atoms with E-state index in [4.69, 9.17) is 28.4 Å². The number of ketones is 1. The Morgan fingerprint density at radius 3 is 1.93 bits per heavy atom. The van der Waals surface area contributed by atoms with Crippen LogP contribution in [0.25, 0.3) is 16.8 Å². The molecule has 3 rings (SSSR count). The molecule has 11 heteroatoms. The van der Waals surface area contributed by atoms with Crippen molar-refractivity contribution >= 4 is 46.5 Å². The Bertz CT molecular complexity index is 1300. The second kappa shape index (κ2) is 13.7. The van der Waals surface area contributed by atoms with E-state index in [0.717, 1.165) is 42.9 Å². The molecule has 0 amide bonds. The Hall–Kier alpha value is -4.25. The van der Waals surface area contributed by atoms with Crippen LogP contribution in [-0.4, -0.2) is 73.9 Å². The van der Waals surface area contributed by atoms with Crippen LogP contribution in [0.2, 0.25) is 0 Å². The van der Waals surface area contributed by atoms with Crippen LogP contribution in [0.3, 0.4) is 0 Å². The number of rotatable bonds is 10. The molecule has 1 saturated heterocycles. The quantitative estimate of drug-likeness (QED) is 0.242. The molecule has 2 aromatic carbocycles. The van der Waals surface area contributed by atoms with Gasteiger partial charge < -0.3 is 28.4 Å². The maximum absolute atomic E-state index is 13.0. The molecule has 0 aliphatic carbocycles. The zero-order valence-electron chi connectivity index (χ0n) is 22.9. The van der Waals surface area contributed by atoms with Crippen LogP contribution in [-0.2, 0) is 47.7 Å². The number of esters is 4. The number of ether oxygens (including phenoxy) is 6. The monoisotopic (exact) mass is 556 g/mol. The molecular formula is C29H32O11. The smallest absolute Gasteiger partial charge is 0.303 e. The number of carbonyl (C=O) groups excluding carboxylic acids is 5. The van der Waals surface area contributed by atoms with Crippen molar-refractivity contribution in [3.05, 3.63) is 48.0 Å². The largest absolute Gasteiger partial charge is 0.497 e. The molecule has 2 aromatic rings. The highest BCUT2D eigenvalue weighted by molar-refractivity contribution is 5.95. The third-order valence-electron chi connectivity index (χ3n) is 6.02. The predicted octanol–water partition coefficient (Wildman–Crippen LogP) is 2.95. The average molecular weight is 557 g/mol. The van der Waals surface area contributed by atoms with Gasteiger partial charge in [0.15, 0.2) is 24.1 Å². The molecule has 214 valence electrons. The third-order valence-corrected chi connectivity index (χ3v) is 6.02. The molecular weight excluding hydrogens is 524 g/mol. The summed E-state index contributed by atoms with van der Waals surface area (Å²) in [5.74, 6) is -2.48. The first-order valence-electron chi connectivity index (χ1n) is 12.6. The summed E-state index contributed by atoms with van der Waals surface area (Å²) in [6, 6.07) is 11.3. The van der Waals surface area contributed by atoms with Gasteiger partial charge in [0.25, 0.3) is 0 Å². The Balaban J connectivity index is 1.86. The van der Waals surface area contributed by atoms with E-state index in [1.807, 2.05) is 36.4 Å². The van der Waals surface area contributed by atoms with Crippen LogP contribution in [0.4, 0.5) is 0 Å².